The summed E-state index contributed by atoms with van der Waals surface area (Å²) in [6.45, 7) is 1.90. The molecule has 0 saturated carbocycles. The number of rotatable bonds is 6. The maximum Gasteiger partial charge on any atom is 0.338 e. The normalized spacial score (nSPS) is 10.5. The number of halogens is 3. The highest BCUT2D eigenvalue weighted by Gasteiger charge is 2.14. The van der Waals surface area contributed by atoms with E-state index in [9.17, 15) is 22.8 Å². The minimum absolute atomic E-state index is 0.0310. The Morgan fingerprint density at radius 1 is 1.00 bits per heavy atom. The summed E-state index contributed by atoms with van der Waals surface area (Å²) in [5.41, 5.74) is 0.728. The van der Waals surface area contributed by atoms with Gasteiger partial charge in [-0.25, -0.2) is 18.0 Å². The van der Waals surface area contributed by atoms with Gasteiger partial charge in [0, 0.05) is 12.0 Å². The number of hydrogen-bond acceptors (Lipinski definition) is 3. The number of Topliss-reactive ketones (excluding diaryl/α,β-unsaturated/α-hetero) is 1. The molecule has 0 aliphatic carbocycles. The van der Waals surface area contributed by atoms with Crippen molar-refractivity contribution < 1.29 is 27.5 Å². The van der Waals surface area contributed by atoms with Gasteiger partial charge in [0.05, 0.1) is 12.2 Å². The van der Waals surface area contributed by atoms with Crippen LogP contribution in [0.3, 0.4) is 0 Å². The third-order valence-electron chi connectivity index (χ3n) is 3.38. The number of ketones is 1. The van der Waals surface area contributed by atoms with Gasteiger partial charge in [0.1, 0.15) is 0 Å². The highest BCUT2D eigenvalue weighted by molar-refractivity contribution is 5.99. The molecule has 0 aliphatic heterocycles. The summed E-state index contributed by atoms with van der Waals surface area (Å²) in [4.78, 5) is 23.8. The Morgan fingerprint density at radius 3 is 2.25 bits per heavy atom. The van der Waals surface area contributed by atoms with Gasteiger partial charge in [0.15, 0.2) is 23.2 Å². The molecule has 0 unspecified atom stereocenters. The second kappa shape index (κ2) is 7.77. The molecule has 126 valence electrons. The van der Waals surface area contributed by atoms with Crippen molar-refractivity contribution in [3.63, 3.8) is 0 Å². The molecule has 0 atom stereocenters. The van der Waals surface area contributed by atoms with Crippen LogP contribution in [0, 0.1) is 17.5 Å². The molecule has 0 N–H and O–H groups in total. The minimum atomic E-state index is -1.53. The number of ether oxygens (including phenoxy) is 1. The Hall–Kier alpha value is -2.63. The van der Waals surface area contributed by atoms with Gasteiger partial charge in [-0.05, 0) is 43.2 Å². The molecule has 0 bridgehead atoms. The summed E-state index contributed by atoms with van der Waals surface area (Å²) < 4.78 is 44.1. The summed E-state index contributed by atoms with van der Waals surface area (Å²) in [7, 11) is 0. The number of benzene rings is 2. The SMILES string of the molecule is CCOC(=O)c1cccc(C(=O)CCc2cc(F)c(F)c(F)c2)c1. The maximum absolute atomic E-state index is 13.2. The van der Waals surface area contributed by atoms with E-state index in [-0.39, 0.29) is 36.4 Å². The fraction of sp³-hybridized carbons (Fsp3) is 0.222. The van der Waals surface area contributed by atoms with Gasteiger partial charge in [-0.15, -0.1) is 0 Å². The molecule has 0 aromatic heterocycles. The fourth-order valence-electron chi connectivity index (χ4n) is 2.19. The van der Waals surface area contributed by atoms with Crippen LogP contribution < -0.4 is 0 Å². The van der Waals surface area contributed by atoms with E-state index in [2.05, 4.69) is 0 Å². The third kappa shape index (κ3) is 4.22. The first-order valence-electron chi connectivity index (χ1n) is 7.36. The standard InChI is InChI=1S/C18H15F3O3/c1-2-24-18(23)13-5-3-4-12(10-13)16(22)7-6-11-8-14(19)17(21)15(20)9-11/h3-5,8-10H,2,6-7H2,1H3. The van der Waals surface area contributed by atoms with E-state index in [1.54, 1.807) is 13.0 Å². The third-order valence-corrected chi connectivity index (χ3v) is 3.38. The monoisotopic (exact) mass is 336 g/mol. The van der Waals surface area contributed by atoms with E-state index >= 15 is 0 Å². The van der Waals surface area contributed by atoms with Crippen molar-refractivity contribution in [3.05, 3.63) is 70.5 Å². The molecule has 0 saturated heterocycles. The van der Waals surface area contributed by atoms with E-state index in [4.69, 9.17) is 4.74 Å². The Kier molecular flexibility index (Phi) is 5.73. The van der Waals surface area contributed by atoms with Crippen molar-refractivity contribution in [3.8, 4) is 0 Å². The highest BCUT2D eigenvalue weighted by Crippen LogP contribution is 2.16. The summed E-state index contributed by atoms with van der Waals surface area (Å²) in [6, 6.07) is 7.75. The number of carbonyl (C=O) groups excluding carboxylic acids is 2. The van der Waals surface area contributed by atoms with Gasteiger partial charge in [-0.1, -0.05) is 12.1 Å². The van der Waals surface area contributed by atoms with E-state index < -0.39 is 23.4 Å². The molecule has 0 radical (unpaired) electrons. The van der Waals surface area contributed by atoms with Gasteiger partial charge in [0.25, 0.3) is 0 Å². The lowest BCUT2D eigenvalue weighted by Gasteiger charge is -2.06. The second-order valence-electron chi connectivity index (χ2n) is 5.10. The smallest absolute Gasteiger partial charge is 0.338 e. The minimum Gasteiger partial charge on any atom is -0.462 e. The lowest BCUT2D eigenvalue weighted by Crippen LogP contribution is -2.07. The lowest BCUT2D eigenvalue weighted by molar-refractivity contribution is 0.0526. The number of esters is 1. The predicted octanol–water partition coefficient (Wildman–Crippen LogP) is 4.10. The molecule has 24 heavy (non-hydrogen) atoms. The predicted molar refractivity (Wildman–Crippen MR) is 81.4 cm³/mol. The quantitative estimate of drug-likeness (QED) is 0.453. The summed E-state index contributed by atoms with van der Waals surface area (Å²) in [5, 5.41) is 0. The van der Waals surface area contributed by atoms with E-state index in [0.29, 0.717) is 5.56 Å². The van der Waals surface area contributed by atoms with Gasteiger partial charge < -0.3 is 4.74 Å². The molecular formula is C18H15F3O3. The number of hydrogen-bond donors (Lipinski definition) is 0. The molecule has 6 heteroatoms. The topological polar surface area (TPSA) is 43.4 Å². The fourth-order valence-corrected chi connectivity index (χ4v) is 2.19. The highest BCUT2D eigenvalue weighted by atomic mass is 19.2. The molecule has 2 aromatic rings. The van der Waals surface area contributed by atoms with Crippen molar-refractivity contribution in [2.24, 2.45) is 0 Å². The Morgan fingerprint density at radius 2 is 1.62 bits per heavy atom. The van der Waals surface area contributed by atoms with Crippen LogP contribution in [0.25, 0.3) is 0 Å². The molecule has 2 rings (SSSR count). The first-order chi connectivity index (χ1) is 11.4. The van der Waals surface area contributed by atoms with Crippen LogP contribution in [-0.2, 0) is 11.2 Å². The molecule has 0 fully saturated rings. The largest absolute Gasteiger partial charge is 0.462 e. The average molecular weight is 336 g/mol. The van der Waals surface area contributed by atoms with Crippen LogP contribution in [-0.4, -0.2) is 18.4 Å². The zero-order chi connectivity index (χ0) is 17.7. The lowest BCUT2D eigenvalue weighted by atomic mass is 10.0. The summed E-state index contributed by atoms with van der Waals surface area (Å²) in [5.74, 6) is -4.95. The molecule has 3 nitrogen and oxygen atoms in total. The Balaban J connectivity index is 2.08. The van der Waals surface area contributed by atoms with Gasteiger partial charge in [0.2, 0.25) is 0 Å². The Bertz CT molecular complexity index is 749. The van der Waals surface area contributed by atoms with Crippen LogP contribution in [0.4, 0.5) is 13.2 Å². The maximum atomic E-state index is 13.2. The molecule has 0 aliphatic rings. The molecule has 2 aromatic carbocycles. The van der Waals surface area contributed by atoms with Crippen LogP contribution in [0.1, 0.15) is 39.6 Å². The van der Waals surface area contributed by atoms with Gasteiger partial charge in [-0.2, -0.15) is 0 Å². The zero-order valence-electron chi connectivity index (χ0n) is 12.9. The molecule has 0 spiro atoms. The van der Waals surface area contributed by atoms with E-state index in [1.165, 1.54) is 18.2 Å². The summed E-state index contributed by atoms with van der Waals surface area (Å²) in [6.07, 6.45) is 0.0212. The van der Waals surface area contributed by atoms with Crippen molar-refractivity contribution in [1.82, 2.24) is 0 Å². The second-order valence-corrected chi connectivity index (χ2v) is 5.10. The van der Waals surface area contributed by atoms with Crippen molar-refractivity contribution in [1.29, 1.82) is 0 Å². The van der Waals surface area contributed by atoms with Crippen molar-refractivity contribution in [2.75, 3.05) is 6.61 Å². The van der Waals surface area contributed by atoms with Crippen LogP contribution in [0.5, 0.6) is 0 Å². The van der Waals surface area contributed by atoms with Crippen molar-refractivity contribution in [2.45, 2.75) is 19.8 Å². The molecule has 0 heterocycles. The zero-order valence-corrected chi connectivity index (χ0v) is 12.9. The van der Waals surface area contributed by atoms with Gasteiger partial charge in [-0.3, -0.25) is 4.79 Å². The van der Waals surface area contributed by atoms with Gasteiger partial charge >= 0.3 is 5.97 Å². The summed E-state index contributed by atoms with van der Waals surface area (Å²) >= 11 is 0. The molecular weight excluding hydrogens is 321 g/mol. The van der Waals surface area contributed by atoms with E-state index in [0.717, 1.165) is 12.1 Å². The van der Waals surface area contributed by atoms with E-state index in [1.807, 2.05) is 0 Å². The van der Waals surface area contributed by atoms with Crippen LogP contribution >= 0.6 is 0 Å². The first kappa shape index (κ1) is 17.7. The number of aryl methyl sites for hydroxylation is 1. The number of carbonyl (C=O) groups is 2. The van der Waals surface area contributed by atoms with Crippen LogP contribution in [0.2, 0.25) is 0 Å². The average Bonchev–Trinajstić information content (AvgIpc) is 2.57. The first-order valence-corrected chi connectivity index (χ1v) is 7.36. The van der Waals surface area contributed by atoms with Crippen LogP contribution in [0.15, 0.2) is 36.4 Å². The van der Waals surface area contributed by atoms with Crippen molar-refractivity contribution >= 4 is 11.8 Å². The molecule has 0 amide bonds. The Labute approximate surface area is 137 Å².